The lowest BCUT2D eigenvalue weighted by molar-refractivity contribution is -0.116. The second kappa shape index (κ2) is 10.5. The van der Waals surface area contributed by atoms with Gasteiger partial charge in [0.25, 0.3) is 0 Å². The Morgan fingerprint density at radius 2 is 1.89 bits per heavy atom. The Kier molecular flexibility index (Phi) is 8.04. The number of hydrogen-bond donors (Lipinski definition) is 2. The number of nitrogens with zero attached hydrogens (tertiary/aromatic N) is 2. The molecule has 1 heterocycles. The highest BCUT2D eigenvalue weighted by Crippen LogP contribution is 2.18. The molecule has 2 aromatic rings. The van der Waals surface area contributed by atoms with Crippen LogP contribution in [0.1, 0.15) is 49.5 Å². The van der Waals surface area contributed by atoms with Crippen LogP contribution in [0.4, 0.5) is 16.3 Å². The van der Waals surface area contributed by atoms with Crippen LogP contribution in [0.25, 0.3) is 0 Å². The first-order valence-corrected chi connectivity index (χ1v) is 9.76. The highest BCUT2D eigenvalue weighted by Gasteiger charge is 2.19. The Hall–Kier alpha value is -2.83. The number of aryl methyl sites for hydroxylation is 2. The van der Waals surface area contributed by atoms with Gasteiger partial charge in [-0.1, -0.05) is 43.5 Å². The van der Waals surface area contributed by atoms with E-state index in [2.05, 4.69) is 22.7 Å². The summed E-state index contributed by atoms with van der Waals surface area (Å²) >= 11 is 0. The topological polar surface area (TPSA) is 87.5 Å². The maximum Gasteiger partial charge on any atom is 0.322 e. The lowest BCUT2D eigenvalue weighted by Crippen LogP contribution is -2.41. The van der Waals surface area contributed by atoms with Crippen LogP contribution < -0.4 is 10.6 Å². The molecule has 2 rings (SSSR count). The van der Waals surface area contributed by atoms with E-state index in [-0.39, 0.29) is 18.5 Å². The molecule has 0 unspecified atom stereocenters. The minimum absolute atomic E-state index is 0.0469. The lowest BCUT2D eigenvalue weighted by atomic mass is 10.1. The van der Waals surface area contributed by atoms with Gasteiger partial charge in [0.2, 0.25) is 5.91 Å². The van der Waals surface area contributed by atoms with Gasteiger partial charge < -0.3 is 20.1 Å². The van der Waals surface area contributed by atoms with Gasteiger partial charge in [-0.15, -0.1) is 0 Å². The summed E-state index contributed by atoms with van der Waals surface area (Å²) in [5.74, 6) is 0.655. The molecule has 0 bridgehead atoms. The van der Waals surface area contributed by atoms with E-state index in [1.165, 1.54) is 0 Å². The Bertz CT molecular complexity index is 801. The first kappa shape index (κ1) is 21.5. The fourth-order valence-corrected chi connectivity index (χ4v) is 2.84. The van der Waals surface area contributed by atoms with Gasteiger partial charge in [0.15, 0.2) is 5.82 Å². The van der Waals surface area contributed by atoms with Crippen molar-refractivity contribution in [3.63, 3.8) is 0 Å². The Morgan fingerprint density at radius 1 is 1.11 bits per heavy atom. The molecule has 1 aromatic heterocycles. The van der Waals surface area contributed by atoms with Crippen LogP contribution in [0, 0.1) is 20.8 Å². The molecule has 7 nitrogen and oxygen atoms in total. The SMILES string of the molecule is CCCCCCN(CC(=O)Nc1cc(C)on1)C(=O)Nc1cccc(C)c1C. The van der Waals surface area contributed by atoms with E-state index < -0.39 is 0 Å². The summed E-state index contributed by atoms with van der Waals surface area (Å²) in [6, 6.07) is 7.13. The molecule has 2 N–H and O–H groups in total. The van der Waals surface area contributed by atoms with E-state index in [1.807, 2.05) is 32.0 Å². The van der Waals surface area contributed by atoms with Crippen LogP contribution in [-0.4, -0.2) is 35.1 Å². The predicted molar refractivity (Wildman–Crippen MR) is 111 cm³/mol. The third kappa shape index (κ3) is 6.40. The smallest absolute Gasteiger partial charge is 0.322 e. The van der Waals surface area contributed by atoms with Crippen molar-refractivity contribution < 1.29 is 14.1 Å². The van der Waals surface area contributed by atoms with Crippen molar-refractivity contribution in [3.05, 3.63) is 41.2 Å². The molecular weight excluding hydrogens is 356 g/mol. The van der Waals surface area contributed by atoms with Crippen molar-refractivity contribution in [2.75, 3.05) is 23.7 Å². The van der Waals surface area contributed by atoms with Crippen molar-refractivity contribution in [2.24, 2.45) is 0 Å². The molecule has 0 aliphatic heterocycles. The molecule has 0 aliphatic carbocycles. The quantitative estimate of drug-likeness (QED) is 0.614. The Labute approximate surface area is 166 Å². The number of carbonyl (C=O) groups is 2. The zero-order chi connectivity index (χ0) is 20.5. The molecule has 0 saturated heterocycles. The normalized spacial score (nSPS) is 10.6. The van der Waals surface area contributed by atoms with Crippen LogP contribution >= 0.6 is 0 Å². The number of nitrogens with one attached hydrogen (secondary N) is 2. The largest absolute Gasteiger partial charge is 0.360 e. The van der Waals surface area contributed by atoms with E-state index in [1.54, 1.807) is 17.9 Å². The molecular formula is C21H30N4O3. The molecule has 0 fully saturated rings. The second-order valence-corrected chi connectivity index (χ2v) is 7.03. The van der Waals surface area contributed by atoms with Gasteiger partial charge in [-0.3, -0.25) is 4.79 Å². The third-order valence-electron chi connectivity index (χ3n) is 4.64. The second-order valence-electron chi connectivity index (χ2n) is 7.03. The maximum atomic E-state index is 12.8. The maximum absolute atomic E-state index is 12.8. The van der Waals surface area contributed by atoms with Crippen molar-refractivity contribution in [2.45, 2.75) is 53.4 Å². The van der Waals surface area contributed by atoms with Crippen LogP contribution in [0.15, 0.2) is 28.8 Å². The standard InChI is InChI=1S/C21H30N4O3/c1-5-6-7-8-12-25(14-20(26)23-19-13-16(3)28-24-19)21(27)22-18-11-9-10-15(2)17(18)4/h9-11,13H,5-8,12,14H2,1-4H3,(H,22,27)(H,23,24,26). The number of rotatable bonds is 9. The summed E-state index contributed by atoms with van der Waals surface area (Å²) < 4.78 is 4.96. The molecule has 0 aliphatic rings. The highest BCUT2D eigenvalue weighted by atomic mass is 16.5. The molecule has 0 radical (unpaired) electrons. The summed E-state index contributed by atoms with van der Waals surface area (Å²) in [5.41, 5.74) is 2.88. The van der Waals surface area contributed by atoms with E-state index >= 15 is 0 Å². The minimum Gasteiger partial charge on any atom is -0.360 e. The first-order chi connectivity index (χ1) is 13.4. The Balaban J connectivity index is 2.03. The summed E-state index contributed by atoms with van der Waals surface area (Å²) in [6.45, 7) is 8.33. The molecule has 152 valence electrons. The molecule has 1 aromatic carbocycles. The van der Waals surface area contributed by atoms with Crippen LogP contribution in [0.5, 0.6) is 0 Å². The highest BCUT2D eigenvalue weighted by molar-refractivity contribution is 5.96. The van der Waals surface area contributed by atoms with Crippen molar-refractivity contribution in [3.8, 4) is 0 Å². The molecule has 0 spiro atoms. The predicted octanol–water partition coefficient (Wildman–Crippen LogP) is 4.65. The van der Waals surface area contributed by atoms with Crippen molar-refractivity contribution in [1.82, 2.24) is 10.1 Å². The van der Waals surface area contributed by atoms with Crippen molar-refractivity contribution in [1.29, 1.82) is 0 Å². The average Bonchev–Trinajstić information content (AvgIpc) is 3.06. The van der Waals surface area contributed by atoms with Gasteiger partial charge in [0, 0.05) is 18.3 Å². The van der Waals surface area contributed by atoms with Gasteiger partial charge in [-0.2, -0.15) is 0 Å². The van der Waals surface area contributed by atoms with Crippen LogP contribution in [-0.2, 0) is 4.79 Å². The fraction of sp³-hybridized carbons (Fsp3) is 0.476. The lowest BCUT2D eigenvalue weighted by Gasteiger charge is -2.23. The number of unbranched alkanes of at least 4 members (excludes halogenated alkanes) is 3. The minimum atomic E-state index is -0.306. The molecule has 0 atom stereocenters. The van der Waals surface area contributed by atoms with E-state index in [0.717, 1.165) is 42.5 Å². The van der Waals surface area contributed by atoms with E-state index in [4.69, 9.17) is 4.52 Å². The third-order valence-corrected chi connectivity index (χ3v) is 4.64. The zero-order valence-electron chi connectivity index (χ0n) is 17.2. The van der Waals surface area contributed by atoms with E-state index in [0.29, 0.717) is 18.1 Å². The molecule has 3 amide bonds. The van der Waals surface area contributed by atoms with Gasteiger partial charge in [0.1, 0.15) is 12.3 Å². The number of anilines is 2. The Morgan fingerprint density at radius 3 is 2.57 bits per heavy atom. The summed E-state index contributed by atoms with van der Waals surface area (Å²) in [7, 11) is 0. The number of aromatic nitrogens is 1. The number of benzene rings is 1. The molecule has 7 heteroatoms. The number of urea groups is 1. The van der Waals surface area contributed by atoms with Gasteiger partial charge in [-0.05, 0) is 44.4 Å². The average molecular weight is 386 g/mol. The molecule has 28 heavy (non-hydrogen) atoms. The number of carbonyl (C=O) groups excluding carboxylic acids is 2. The zero-order valence-corrected chi connectivity index (χ0v) is 17.2. The number of amides is 3. The van der Waals surface area contributed by atoms with Crippen molar-refractivity contribution >= 4 is 23.4 Å². The van der Waals surface area contributed by atoms with Crippen LogP contribution in [0.3, 0.4) is 0 Å². The fourth-order valence-electron chi connectivity index (χ4n) is 2.84. The van der Waals surface area contributed by atoms with Crippen LogP contribution in [0.2, 0.25) is 0 Å². The summed E-state index contributed by atoms with van der Waals surface area (Å²) in [5, 5.41) is 9.36. The van der Waals surface area contributed by atoms with Gasteiger partial charge in [-0.25, -0.2) is 4.79 Å². The summed E-state index contributed by atoms with van der Waals surface area (Å²) in [4.78, 5) is 26.8. The summed E-state index contributed by atoms with van der Waals surface area (Å²) in [6.07, 6.45) is 4.09. The molecule has 0 saturated carbocycles. The number of hydrogen-bond acceptors (Lipinski definition) is 4. The van der Waals surface area contributed by atoms with E-state index in [9.17, 15) is 9.59 Å². The van der Waals surface area contributed by atoms with Gasteiger partial charge in [0.05, 0.1) is 0 Å². The first-order valence-electron chi connectivity index (χ1n) is 9.76. The monoisotopic (exact) mass is 386 g/mol. The van der Waals surface area contributed by atoms with Gasteiger partial charge >= 0.3 is 6.03 Å².